The summed E-state index contributed by atoms with van der Waals surface area (Å²) in [6, 6.07) is 11.5. The summed E-state index contributed by atoms with van der Waals surface area (Å²) in [4.78, 5) is 75.7. The second kappa shape index (κ2) is 19.3. The van der Waals surface area contributed by atoms with Crippen LogP contribution in [0.15, 0.2) is 48.5 Å². The van der Waals surface area contributed by atoms with Crippen molar-refractivity contribution in [3.63, 3.8) is 0 Å². The summed E-state index contributed by atoms with van der Waals surface area (Å²) in [6.45, 7) is 9.71. The lowest BCUT2D eigenvalue weighted by Crippen LogP contribution is -2.51. The van der Waals surface area contributed by atoms with Crippen molar-refractivity contribution in [2.24, 2.45) is 11.8 Å². The van der Waals surface area contributed by atoms with Gasteiger partial charge in [0.15, 0.2) is 0 Å². The van der Waals surface area contributed by atoms with E-state index in [9.17, 15) is 24.3 Å². The van der Waals surface area contributed by atoms with E-state index in [0.29, 0.717) is 74.5 Å². The minimum absolute atomic E-state index is 0.163. The number of H-pyrrole nitrogens is 2. The second-order valence-corrected chi connectivity index (χ2v) is 19.5. The molecule has 5 N–H and O–H groups in total. The van der Waals surface area contributed by atoms with Gasteiger partial charge in [-0.3, -0.25) is 9.59 Å². The zero-order chi connectivity index (χ0) is 48.0. The number of carbonyl (C=O) groups is 4. The standard InChI is InChI=1S/C50H62F2N10O6/c1-27(2)43(57-49(65)66)47(63)60-21-9-11-39(60)45-53-33-15-13-29(23-35(33)55-45)37-17-18-38(62(37)42-26-31(51)41(25-32(42)52)59-19-7-6-8-20-59)30-14-16-34-36(24-30)56-46(54-34)40-12-10-22-61(40)48(64)44(28(3)4)58-50(67)68-5/h13-16,23-28,37-40,43-44,57H,6-12,17-22H2,1-5H3,(H,53,55)(H,54,56)(H,58,67)(H,65,66)/t37-,38+,39-,40-,43-,44-/m0/s1. The normalized spacial score (nSPS) is 21.9. The zero-order valence-electron chi connectivity index (χ0n) is 39.4. The number of hydrogen-bond acceptors (Lipinski definition) is 9. The van der Waals surface area contributed by atoms with Crippen LogP contribution in [0, 0.1) is 23.5 Å². The van der Waals surface area contributed by atoms with Gasteiger partial charge in [0, 0.05) is 38.3 Å². The molecule has 6 atom stereocenters. The van der Waals surface area contributed by atoms with Gasteiger partial charge < -0.3 is 50.0 Å². The highest BCUT2D eigenvalue weighted by Crippen LogP contribution is 2.49. The predicted molar refractivity (Wildman–Crippen MR) is 253 cm³/mol. The van der Waals surface area contributed by atoms with E-state index in [4.69, 9.17) is 14.7 Å². The van der Waals surface area contributed by atoms with Gasteiger partial charge in [0.2, 0.25) is 11.8 Å². The van der Waals surface area contributed by atoms with Crippen LogP contribution in [0.25, 0.3) is 22.1 Å². The number of carbonyl (C=O) groups excluding carboxylic acids is 3. The van der Waals surface area contributed by atoms with Gasteiger partial charge in [-0.05, 0) is 105 Å². The molecule has 0 radical (unpaired) electrons. The number of fused-ring (bicyclic) bond motifs is 2. The Hall–Kier alpha value is -6.46. The fourth-order valence-corrected chi connectivity index (χ4v) is 11.1. The van der Waals surface area contributed by atoms with E-state index in [2.05, 4.69) is 20.6 Å². The predicted octanol–water partition coefficient (Wildman–Crippen LogP) is 8.79. The Morgan fingerprint density at radius 1 is 0.647 bits per heavy atom. The highest BCUT2D eigenvalue weighted by molar-refractivity contribution is 5.87. The van der Waals surface area contributed by atoms with Crippen LogP contribution in [0.2, 0.25) is 0 Å². The second-order valence-electron chi connectivity index (χ2n) is 19.5. The molecular weight excluding hydrogens is 875 g/mol. The number of benzene rings is 3. The van der Waals surface area contributed by atoms with Crippen LogP contribution in [0.1, 0.15) is 132 Å². The average molecular weight is 937 g/mol. The molecule has 9 rings (SSSR count). The maximum absolute atomic E-state index is 16.8. The van der Waals surface area contributed by atoms with E-state index in [1.54, 1.807) is 9.80 Å². The molecule has 4 amide bonds. The molecule has 0 bridgehead atoms. The van der Waals surface area contributed by atoms with Gasteiger partial charge in [-0.1, -0.05) is 39.8 Å². The highest BCUT2D eigenvalue weighted by atomic mass is 19.1. The van der Waals surface area contributed by atoms with Crippen molar-refractivity contribution >= 4 is 57.4 Å². The number of anilines is 2. The van der Waals surface area contributed by atoms with Crippen LogP contribution >= 0.6 is 0 Å². The van der Waals surface area contributed by atoms with Crippen LogP contribution in [0.5, 0.6) is 0 Å². The number of nitrogens with zero attached hydrogens (tertiary/aromatic N) is 6. The average Bonchev–Trinajstić information content (AvgIpc) is 4.18. The number of carboxylic acid groups (broad SMARTS) is 1. The molecule has 0 spiro atoms. The molecule has 0 unspecified atom stereocenters. The van der Waals surface area contributed by atoms with E-state index < -0.39 is 35.9 Å². The van der Waals surface area contributed by atoms with Crippen LogP contribution in [0.4, 0.5) is 29.7 Å². The first-order chi connectivity index (χ1) is 32.7. The van der Waals surface area contributed by atoms with Crippen LogP contribution in [-0.2, 0) is 14.3 Å². The van der Waals surface area contributed by atoms with E-state index in [1.807, 2.05) is 73.9 Å². The molecule has 4 aliphatic heterocycles. The van der Waals surface area contributed by atoms with Crippen molar-refractivity contribution in [3.05, 3.63) is 82.9 Å². The molecule has 4 saturated heterocycles. The number of methoxy groups -OCH3 is 1. The lowest BCUT2D eigenvalue weighted by molar-refractivity contribution is -0.136. The number of likely N-dealkylation sites (tertiary alicyclic amines) is 2. The molecule has 5 aromatic rings. The highest BCUT2D eigenvalue weighted by Gasteiger charge is 2.41. The topological polar surface area (TPSA) is 192 Å². The molecular formula is C50H62F2N10O6. The van der Waals surface area contributed by atoms with E-state index in [0.717, 1.165) is 54.3 Å². The van der Waals surface area contributed by atoms with Crippen molar-refractivity contribution in [1.82, 2.24) is 40.4 Å². The molecule has 4 aliphatic rings. The first kappa shape index (κ1) is 46.6. The number of hydrogen-bond donors (Lipinski definition) is 5. The van der Waals surface area contributed by atoms with Gasteiger partial charge in [0.1, 0.15) is 35.4 Å². The summed E-state index contributed by atoms with van der Waals surface area (Å²) in [6.07, 6.45) is 5.10. The number of imidazole rings is 2. The van der Waals surface area contributed by atoms with Gasteiger partial charge in [-0.25, -0.2) is 28.3 Å². The summed E-state index contributed by atoms with van der Waals surface area (Å²) < 4.78 is 38.0. The molecule has 0 saturated carbocycles. The van der Waals surface area contributed by atoms with Gasteiger partial charge >= 0.3 is 12.2 Å². The van der Waals surface area contributed by atoms with Crippen molar-refractivity contribution in [3.8, 4) is 0 Å². The fourth-order valence-electron chi connectivity index (χ4n) is 11.1. The van der Waals surface area contributed by atoms with Crippen molar-refractivity contribution in [2.45, 2.75) is 122 Å². The summed E-state index contributed by atoms with van der Waals surface area (Å²) in [5, 5.41) is 14.6. The minimum atomic E-state index is -1.25. The fraction of sp³-hybridized carbons (Fsp3) is 0.520. The van der Waals surface area contributed by atoms with Crippen molar-refractivity contribution in [2.75, 3.05) is 43.1 Å². The summed E-state index contributed by atoms with van der Waals surface area (Å²) in [7, 11) is 1.27. The first-order valence-electron chi connectivity index (χ1n) is 24.2. The Balaban J connectivity index is 1.04. The molecule has 16 nitrogen and oxygen atoms in total. The Kier molecular flexibility index (Phi) is 13.2. The quantitative estimate of drug-likeness (QED) is 0.0808. The Bertz CT molecular complexity index is 2700. The van der Waals surface area contributed by atoms with Crippen molar-refractivity contribution in [1.29, 1.82) is 0 Å². The monoisotopic (exact) mass is 936 g/mol. The van der Waals surface area contributed by atoms with Crippen LogP contribution < -0.4 is 20.4 Å². The molecule has 6 heterocycles. The Labute approximate surface area is 394 Å². The Morgan fingerprint density at radius 3 is 1.62 bits per heavy atom. The summed E-state index contributed by atoms with van der Waals surface area (Å²) >= 11 is 0. The van der Waals surface area contributed by atoms with Gasteiger partial charge in [0.05, 0.1) is 64.7 Å². The number of halogens is 2. The summed E-state index contributed by atoms with van der Waals surface area (Å²) in [5.74, 6) is -0.653. The minimum Gasteiger partial charge on any atom is -0.465 e. The molecule has 3 aromatic carbocycles. The number of rotatable bonds is 12. The lowest BCUT2D eigenvalue weighted by atomic mass is 10.0. The van der Waals surface area contributed by atoms with E-state index in [-0.39, 0.29) is 59.2 Å². The van der Waals surface area contributed by atoms with Crippen LogP contribution in [-0.4, -0.2) is 104 Å². The van der Waals surface area contributed by atoms with Gasteiger partial charge in [-0.15, -0.1) is 0 Å². The molecule has 18 heteroatoms. The number of nitrogens with one attached hydrogen (secondary N) is 4. The van der Waals surface area contributed by atoms with Crippen molar-refractivity contribution < 1.29 is 37.8 Å². The number of aromatic amines is 2. The lowest BCUT2D eigenvalue weighted by Gasteiger charge is -2.35. The number of aromatic nitrogens is 4. The molecule has 362 valence electrons. The maximum atomic E-state index is 16.8. The number of amides is 4. The molecule has 0 aliphatic carbocycles. The smallest absolute Gasteiger partial charge is 0.407 e. The first-order valence-corrected chi connectivity index (χ1v) is 24.2. The third-order valence-electron chi connectivity index (χ3n) is 14.5. The molecule has 2 aromatic heterocycles. The number of piperidine rings is 1. The summed E-state index contributed by atoms with van der Waals surface area (Å²) in [5.41, 5.74) is 5.08. The number of ether oxygens (including phenoxy) is 1. The Morgan fingerprint density at radius 2 is 1.13 bits per heavy atom. The van der Waals surface area contributed by atoms with Crippen LogP contribution in [0.3, 0.4) is 0 Å². The molecule has 68 heavy (non-hydrogen) atoms. The van der Waals surface area contributed by atoms with E-state index in [1.165, 1.54) is 19.2 Å². The third kappa shape index (κ3) is 9.00. The van der Waals surface area contributed by atoms with Gasteiger partial charge in [-0.2, -0.15) is 0 Å². The maximum Gasteiger partial charge on any atom is 0.407 e. The molecule has 4 fully saturated rings. The van der Waals surface area contributed by atoms with Gasteiger partial charge in [0.25, 0.3) is 0 Å². The SMILES string of the molecule is COC(=O)N[C@H](C(=O)N1CCC[C@H]1c1nc2cc([C@H]3CC[C@@H](c4ccc5[nH]c([C@@H]6CCCN6C(=O)[C@@H](NC(=O)O)C(C)C)nc5c4)N3c3cc(F)c(N4CCCCC4)cc3F)ccc2[nH]1)C(C)C. The zero-order valence-corrected chi connectivity index (χ0v) is 39.4. The van der Waals surface area contributed by atoms with E-state index >= 15 is 8.78 Å². The third-order valence-corrected chi connectivity index (χ3v) is 14.5. The number of alkyl carbamates (subject to hydrolysis) is 1. The largest absolute Gasteiger partial charge is 0.465 e.